The molecule has 150 valence electrons. The molecule has 0 aliphatic heterocycles. The first kappa shape index (κ1) is 23.0. The average Bonchev–Trinajstić information content (AvgIpc) is 2.56. The molecule has 0 aliphatic rings. The van der Waals surface area contributed by atoms with Crippen LogP contribution in [0.3, 0.4) is 0 Å². The molecule has 1 aromatic carbocycles. The molecule has 0 fully saturated rings. The maximum atomic E-state index is 11.6. The van der Waals surface area contributed by atoms with E-state index in [9.17, 15) is 13.0 Å². The molecule has 5 heteroatoms. The summed E-state index contributed by atoms with van der Waals surface area (Å²) in [4.78, 5) is -1.66. The summed E-state index contributed by atoms with van der Waals surface area (Å²) in [5.41, 5.74) is 2.16. The summed E-state index contributed by atoms with van der Waals surface area (Å²) >= 11 is 0. The predicted molar refractivity (Wildman–Crippen MR) is 108 cm³/mol. The van der Waals surface area contributed by atoms with E-state index in [2.05, 4.69) is 26.0 Å². The van der Waals surface area contributed by atoms with Crippen LogP contribution in [0.2, 0.25) is 0 Å². The van der Waals surface area contributed by atoms with Crippen molar-refractivity contribution in [1.29, 1.82) is 0 Å². The van der Waals surface area contributed by atoms with E-state index in [1.807, 2.05) is 6.07 Å². The summed E-state index contributed by atoms with van der Waals surface area (Å²) in [5.74, 6) is 0.581. The largest absolute Gasteiger partial charge is 0.469 e. The summed E-state index contributed by atoms with van der Waals surface area (Å²) in [6, 6.07) is 6.12. The summed E-state index contributed by atoms with van der Waals surface area (Å²) < 4.78 is 38.5. The first-order chi connectivity index (χ1) is 12.2. The summed E-state index contributed by atoms with van der Waals surface area (Å²) in [6.07, 6.45) is 11.1. The molecule has 0 unspecified atom stereocenters. The Bertz CT molecular complexity index is 635. The number of hydrogen-bond donors (Lipinski definition) is 1. The minimum atomic E-state index is -4.31. The van der Waals surface area contributed by atoms with Gasteiger partial charge in [0.25, 0.3) is 0 Å². The van der Waals surface area contributed by atoms with E-state index in [0.717, 1.165) is 43.2 Å². The maximum absolute atomic E-state index is 11.6. The molecule has 0 spiro atoms. The Labute approximate surface area is 160 Å². The van der Waals surface area contributed by atoms with E-state index in [1.54, 1.807) is 0 Å². The third-order valence-electron chi connectivity index (χ3n) is 4.73. The lowest BCUT2D eigenvalue weighted by Gasteiger charge is -2.25. The number of rotatable bonds is 13. The van der Waals surface area contributed by atoms with Crippen molar-refractivity contribution in [1.82, 2.24) is 0 Å². The fourth-order valence-corrected chi connectivity index (χ4v) is 3.07. The summed E-state index contributed by atoms with van der Waals surface area (Å²) in [5, 5.41) is 0. The minimum Gasteiger partial charge on any atom is -0.469 e. The Kier molecular flexibility index (Phi) is 9.66. The van der Waals surface area contributed by atoms with Crippen LogP contribution in [0, 0.1) is 0 Å². The standard InChI is InChI=1S/C21H36O4S/c1-5-7-9-11-13-18-15-16-19(14-12-10-8-6-2)20(17-18)25-21(3,4)26(22,23)24/h15-17H,5-14H2,1-4H3,(H,22,23,24). The van der Waals surface area contributed by atoms with Crippen molar-refractivity contribution >= 4 is 10.1 Å². The minimum absolute atomic E-state index is 0.581. The molecule has 0 heterocycles. The molecule has 1 N–H and O–H groups in total. The Morgan fingerprint density at radius 1 is 0.923 bits per heavy atom. The zero-order valence-electron chi connectivity index (χ0n) is 16.9. The van der Waals surface area contributed by atoms with Gasteiger partial charge in [0, 0.05) is 0 Å². The fourth-order valence-electron chi connectivity index (χ4n) is 2.87. The Hall–Kier alpha value is -1.07. The first-order valence-corrected chi connectivity index (χ1v) is 11.4. The number of unbranched alkanes of at least 4 members (excludes halogenated alkanes) is 6. The molecule has 0 aliphatic carbocycles. The Morgan fingerprint density at radius 2 is 1.50 bits per heavy atom. The molecule has 0 radical (unpaired) electrons. The zero-order valence-corrected chi connectivity index (χ0v) is 17.7. The van der Waals surface area contributed by atoms with Crippen LogP contribution in [-0.4, -0.2) is 17.9 Å². The van der Waals surface area contributed by atoms with Gasteiger partial charge in [-0.25, -0.2) is 0 Å². The quantitative estimate of drug-likeness (QED) is 0.338. The van der Waals surface area contributed by atoms with Crippen LogP contribution in [0.5, 0.6) is 5.75 Å². The number of hydrogen-bond acceptors (Lipinski definition) is 3. The van der Waals surface area contributed by atoms with Gasteiger partial charge in [-0.05, 0) is 56.7 Å². The van der Waals surface area contributed by atoms with Crippen molar-refractivity contribution in [3.8, 4) is 5.75 Å². The van der Waals surface area contributed by atoms with Gasteiger partial charge in [-0.1, -0.05) is 64.5 Å². The average molecular weight is 385 g/mol. The predicted octanol–water partition coefficient (Wildman–Crippen LogP) is 5.93. The van der Waals surface area contributed by atoms with Crippen molar-refractivity contribution in [3.63, 3.8) is 0 Å². The van der Waals surface area contributed by atoms with Gasteiger partial charge in [0.1, 0.15) is 5.75 Å². The van der Waals surface area contributed by atoms with Crippen LogP contribution in [0.4, 0.5) is 0 Å². The van der Waals surface area contributed by atoms with Crippen molar-refractivity contribution < 1.29 is 17.7 Å². The van der Waals surface area contributed by atoms with E-state index in [-0.39, 0.29) is 0 Å². The zero-order chi connectivity index (χ0) is 19.6. The second-order valence-electron chi connectivity index (χ2n) is 7.54. The molecule has 1 rings (SSSR count). The van der Waals surface area contributed by atoms with Crippen LogP contribution < -0.4 is 4.74 Å². The van der Waals surface area contributed by atoms with Crippen LogP contribution >= 0.6 is 0 Å². The van der Waals surface area contributed by atoms with E-state index < -0.39 is 15.1 Å². The van der Waals surface area contributed by atoms with Gasteiger partial charge in [0.2, 0.25) is 4.93 Å². The molecular weight excluding hydrogens is 348 g/mol. The van der Waals surface area contributed by atoms with Crippen molar-refractivity contribution in [2.24, 2.45) is 0 Å². The monoisotopic (exact) mass is 384 g/mol. The van der Waals surface area contributed by atoms with Crippen LogP contribution in [0.15, 0.2) is 18.2 Å². The highest BCUT2D eigenvalue weighted by Crippen LogP contribution is 2.29. The highest BCUT2D eigenvalue weighted by Gasteiger charge is 2.35. The molecule has 0 aromatic heterocycles. The van der Waals surface area contributed by atoms with E-state index >= 15 is 0 Å². The maximum Gasteiger partial charge on any atom is 0.305 e. The summed E-state index contributed by atoms with van der Waals surface area (Å²) in [7, 11) is -4.31. The Balaban J connectivity index is 2.94. The normalized spacial score (nSPS) is 12.3. The van der Waals surface area contributed by atoms with Gasteiger partial charge in [-0.15, -0.1) is 0 Å². The summed E-state index contributed by atoms with van der Waals surface area (Å²) in [6.45, 7) is 7.14. The SMILES string of the molecule is CCCCCCc1ccc(CCCCCC)c(OC(C)(C)S(=O)(=O)O)c1. The third-order valence-corrected chi connectivity index (χ3v) is 6.05. The lowest BCUT2D eigenvalue weighted by Crippen LogP contribution is -2.38. The molecule has 0 saturated carbocycles. The Morgan fingerprint density at radius 3 is 2.04 bits per heavy atom. The van der Waals surface area contributed by atoms with Gasteiger partial charge >= 0.3 is 10.1 Å². The fraction of sp³-hybridized carbons (Fsp3) is 0.714. The second-order valence-corrected chi connectivity index (χ2v) is 9.47. The highest BCUT2D eigenvalue weighted by atomic mass is 32.2. The molecule has 1 aromatic rings. The van der Waals surface area contributed by atoms with Crippen LogP contribution in [0.1, 0.15) is 90.2 Å². The lowest BCUT2D eigenvalue weighted by atomic mass is 10.0. The third kappa shape index (κ3) is 7.67. The molecule has 0 atom stereocenters. The first-order valence-electron chi connectivity index (χ1n) is 9.99. The van der Waals surface area contributed by atoms with Crippen molar-refractivity contribution in [2.75, 3.05) is 0 Å². The lowest BCUT2D eigenvalue weighted by molar-refractivity contribution is 0.176. The van der Waals surface area contributed by atoms with Gasteiger partial charge in [0.05, 0.1) is 0 Å². The van der Waals surface area contributed by atoms with Gasteiger partial charge in [-0.2, -0.15) is 8.42 Å². The van der Waals surface area contributed by atoms with E-state index in [0.29, 0.717) is 5.75 Å². The molecule has 26 heavy (non-hydrogen) atoms. The van der Waals surface area contributed by atoms with Crippen molar-refractivity contribution in [3.05, 3.63) is 29.3 Å². The van der Waals surface area contributed by atoms with E-state index in [4.69, 9.17) is 4.74 Å². The molecule has 0 saturated heterocycles. The van der Waals surface area contributed by atoms with Gasteiger partial charge in [0.15, 0.2) is 0 Å². The van der Waals surface area contributed by atoms with Crippen LogP contribution in [-0.2, 0) is 23.0 Å². The van der Waals surface area contributed by atoms with Crippen LogP contribution in [0.25, 0.3) is 0 Å². The van der Waals surface area contributed by atoms with Crippen molar-refractivity contribution in [2.45, 2.75) is 96.8 Å². The topological polar surface area (TPSA) is 63.6 Å². The van der Waals surface area contributed by atoms with Gasteiger partial charge in [-0.3, -0.25) is 4.55 Å². The van der Waals surface area contributed by atoms with Gasteiger partial charge < -0.3 is 4.74 Å². The number of benzene rings is 1. The number of ether oxygens (including phenoxy) is 1. The molecular formula is C21H36O4S. The highest BCUT2D eigenvalue weighted by molar-refractivity contribution is 7.87. The smallest absolute Gasteiger partial charge is 0.305 e. The van der Waals surface area contributed by atoms with E-state index in [1.165, 1.54) is 46.0 Å². The molecule has 0 bridgehead atoms. The second kappa shape index (κ2) is 10.9. The molecule has 0 amide bonds. The molecule has 4 nitrogen and oxygen atoms in total. The number of aryl methyl sites for hydroxylation is 2.